The van der Waals surface area contributed by atoms with Crippen LogP contribution in [-0.4, -0.2) is 55.1 Å². The van der Waals surface area contributed by atoms with Crippen molar-refractivity contribution in [1.82, 2.24) is 14.5 Å². The third-order valence-electron chi connectivity index (χ3n) is 6.79. The van der Waals surface area contributed by atoms with E-state index < -0.39 is 40.2 Å². The summed E-state index contributed by atoms with van der Waals surface area (Å²) in [5.41, 5.74) is 1.02. The van der Waals surface area contributed by atoms with Gasteiger partial charge in [-0.1, -0.05) is 78.9 Å². The first-order valence-electron chi connectivity index (χ1n) is 13.4. The summed E-state index contributed by atoms with van der Waals surface area (Å²) < 4.78 is 42.7. The molecule has 0 saturated heterocycles. The molecule has 4 aromatic carbocycles. The Kier molecular flexibility index (Phi) is 9.52. The highest BCUT2D eigenvalue weighted by Crippen LogP contribution is 2.22. The average molecular weight is 576 g/mol. The van der Waals surface area contributed by atoms with Crippen molar-refractivity contribution >= 4 is 32.6 Å². The van der Waals surface area contributed by atoms with Gasteiger partial charge >= 0.3 is 0 Å². The smallest absolute Gasteiger partial charge is 0.243 e. The molecule has 0 spiro atoms. The first-order valence-corrected chi connectivity index (χ1v) is 14.8. The molecule has 0 aliphatic rings. The molecule has 9 heteroatoms. The molecule has 1 N–H and O–H groups in total. The molecule has 1 atom stereocenters. The summed E-state index contributed by atoms with van der Waals surface area (Å²) in [7, 11) is -2.73. The Bertz CT molecular complexity index is 1630. The van der Waals surface area contributed by atoms with E-state index in [0.717, 1.165) is 20.6 Å². The fourth-order valence-corrected chi connectivity index (χ4v) is 5.78. The van der Waals surface area contributed by atoms with Crippen LogP contribution in [-0.2, 0) is 32.6 Å². The zero-order valence-electron chi connectivity index (χ0n) is 23.3. The minimum atomic E-state index is -4.05. The van der Waals surface area contributed by atoms with Crippen LogP contribution in [0.25, 0.3) is 10.8 Å². The molecule has 0 radical (unpaired) electrons. The molecule has 0 saturated carbocycles. The van der Waals surface area contributed by atoms with E-state index in [-0.39, 0.29) is 29.5 Å². The van der Waals surface area contributed by atoms with Crippen molar-refractivity contribution in [3.8, 4) is 0 Å². The summed E-state index contributed by atoms with van der Waals surface area (Å²) in [6.07, 6.45) is 0.167. The predicted octanol–water partition coefficient (Wildman–Crippen LogP) is 4.76. The average Bonchev–Trinajstić information content (AvgIpc) is 2.95. The number of fused-ring (bicyclic) bond motifs is 1. The summed E-state index contributed by atoms with van der Waals surface area (Å²) in [5.74, 6) is -1.56. The number of nitrogens with zero attached hydrogens (tertiary/aromatic N) is 2. The first kappa shape index (κ1) is 29.9. The number of amides is 2. The van der Waals surface area contributed by atoms with Gasteiger partial charge in [0, 0.05) is 31.6 Å². The van der Waals surface area contributed by atoms with Gasteiger partial charge in [0.25, 0.3) is 0 Å². The SMILES string of the molecule is CC(C)NC(=O)[C@H](Cc1ccccc1)N(Cc1ccccc1F)C(=O)CN(C)S(=O)(=O)c1ccc2ccccc2c1. The maximum absolute atomic E-state index is 14.8. The molecular weight excluding hydrogens is 541 g/mol. The van der Waals surface area contributed by atoms with Crippen molar-refractivity contribution in [3.05, 3.63) is 114 Å². The Labute approximate surface area is 240 Å². The van der Waals surface area contributed by atoms with Crippen LogP contribution in [0.4, 0.5) is 4.39 Å². The number of carbonyl (C=O) groups is 2. The quantitative estimate of drug-likeness (QED) is 0.279. The first-order chi connectivity index (χ1) is 19.6. The molecule has 0 heterocycles. The molecule has 0 aromatic heterocycles. The molecule has 41 heavy (non-hydrogen) atoms. The van der Waals surface area contributed by atoms with Crippen LogP contribution in [0.15, 0.2) is 102 Å². The molecule has 4 aromatic rings. The summed E-state index contributed by atoms with van der Waals surface area (Å²) in [6, 6.07) is 26.2. The number of hydrogen-bond acceptors (Lipinski definition) is 4. The van der Waals surface area contributed by atoms with Gasteiger partial charge in [0.15, 0.2) is 0 Å². The van der Waals surface area contributed by atoms with E-state index in [1.807, 2.05) is 68.4 Å². The van der Waals surface area contributed by atoms with Crippen LogP contribution in [0.3, 0.4) is 0 Å². The van der Waals surface area contributed by atoms with E-state index in [9.17, 15) is 22.4 Å². The van der Waals surface area contributed by atoms with E-state index in [0.29, 0.717) is 0 Å². The van der Waals surface area contributed by atoms with Crippen molar-refractivity contribution in [2.45, 2.75) is 43.8 Å². The fourth-order valence-electron chi connectivity index (χ4n) is 4.62. The van der Waals surface area contributed by atoms with Gasteiger partial charge in [-0.25, -0.2) is 12.8 Å². The Balaban J connectivity index is 1.68. The topological polar surface area (TPSA) is 86.8 Å². The lowest BCUT2D eigenvalue weighted by molar-refractivity contribution is -0.141. The highest BCUT2D eigenvalue weighted by molar-refractivity contribution is 7.89. The lowest BCUT2D eigenvalue weighted by Gasteiger charge is -2.33. The summed E-state index contributed by atoms with van der Waals surface area (Å²) >= 11 is 0. The molecule has 0 unspecified atom stereocenters. The van der Waals surface area contributed by atoms with Crippen LogP contribution in [0, 0.1) is 5.82 Å². The number of carbonyl (C=O) groups excluding carboxylic acids is 2. The fraction of sp³-hybridized carbons (Fsp3) is 0.250. The van der Waals surface area contributed by atoms with Crippen LogP contribution in [0.1, 0.15) is 25.0 Å². The zero-order valence-corrected chi connectivity index (χ0v) is 24.1. The normalized spacial score (nSPS) is 12.4. The Hall–Kier alpha value is -4.08. The predicted molar refractivity (Wildman–Crippen MR) is 158 cm³/mol. The Morgan fingerprint density at radius 1 is 0.854 bits per heavy atom. The van der Waals surface area contributed by atoms with Crippen molar-refractivity contribution in [2.24, 2.45) is 0 Å². The third kappa shape index (κ3) is 7.36. The van der Waals surface area contributed by atoms with Gasteiger partial charge in [0.2, 0.25) is 21.8 Å². The van der Waals surface area contributed by atoms with Crippen LogP contribution in [0.2, 0.25) is 0 Å². The summed E-state index contributed by atoms with van der Waals surface area (Å²) in [4.78, 5) is 28.7. The van der Waals surface area contributed by atoms with Gasteiger partial charge in [-0.05, 0) is 48.4 Å². The summed E-state index contributed by atoms with van der Waals surface area (Å²) in [6.45, 7) is 2.87. The maximum atomic E-state index is 14.8. The lowest BCUT2D eigenvalue weighted by atomic mass is 10.0. The summed E-state index contributed by atoms with van der Waals surface area (Å²) in [5, 5.41) is 4.51. The van der Waals surface area contributed by atoms with Gasteiger partial charge in [-0.2, -0.15) is 4.31 Å². The van der Waals surface area contributed by atoms with E-state index in [1.165, 1.54) is 24.1 Å². The lowest BCUT2D eigenvalue weighted by Crippen LogP contribution is -2.54. The number of halogens is 1. The number of rotatable bonds is 11. The molecule has 7 nitrogen and oxygen atoms in total. The molecule has 0 bridgehead atoms. The molecule has 2 amide bonds. The van der Waals surface area contributed by atoms with Crippen LogP contribution in [0.5, 0.6) is 0 Å². The number of nitrogens with one attached hydrogen (secondary N) is 1. The molecule has 4 rings (SSSR count). The Morgan fingerprint density at radius 3 is 2.17 bits per heavy atom. The van der Waals surface area contributed by atoms with Crippen LogP contribution < -0.4 is 5.32 Å². The van der Waals surface area contributed by atoms with E-state index in [2.05, 4.69) is 5.32 Å². The second kappa shape index (κ2) is 13.1. The molecular formula is C32H34FN3O4S. The van der Waals surface area contributed by atoms with Gasteiger partial charge in [-0.15, -0.1) is 0 Å². The molecule has 0 fully saturated rings. The maximum Gasteiger partial charge on any atom is 0.243 e. The molecule has 214 valence electrons. The van der Waals surface area contributed by atoms with Crippen molar-refractivity contribution < 1.29 is 22.4 Å². The largest absolute Gasteiger partial charge is 0.352 e. The minimum Gasteiger partial charge on any atom is -0.352 e. The monoisotopic (exact) mass is 575 g/mol. The highest BCUT2D eigenvalue weighted by atomic mass is 32.2. The highest BCUT2D eigenvalue weighted by Gasteiger charge is 2.33. The van der Waals surface area contributed by atoms with Gasteiger partial charge in [0.1, 0.15) is 11.9 Å². The van der Waals surface area contributed by atoms with Crippen LogP contribution >= 0.6 is 0 Å². The van der Waals surface area contributed by atoms with Gasteiger partial charge in [-0.3, -0.25) is 9.59 Å². The zero-order chi connectivity index (χ0) is 29.6. The van der Waals surface area contributed by atoms with E-state index in [4.69, 9.17) is 0 Å². The van der Waals surface area contributed by atoms with Gasteiger partial charge in [0.05, 0.1) is 11.4 Å². The second-order valence-corrected chi connectivity index (χ2v) is 12.3. The number of hydrogen-bond donors (Lipinski definition) is 1. The molecule has 0 aliphatic heterocycles. The molecule has 0 aliphatic carbocycles. The van der Waals surface area contributed by atoms with Gasteiger partial charge < -0.3 is 10.2 Å². The van der Waals surface area contributed by atoms with Crippen molar-refractivity contribution in [3.63, 3.8) is 0 Å². The van der Waals surface area contributed by atoms with E-state index in [1.54, 1.807) is 30.3 Å². The number of likely N-dealkylation sites (N-methyl/N-ethyl adjacent to an activating group) is 1. The minimum absolute atomic E-state index is 0.0468. The van der Waals surface area contributed by atoms with Crippen molar-refractivity contribution in [2.75, 3.05) is 13.6 Å². The Morgan fingerprint density at radius 2 is 1.49 bits per heavy atom. The second-order valence-electron chi connectivity index (χ2n) is 10.3. The van der Waals surface area contributed by atoms with Crippen molar-refractivity contribution in [1.29, 1.82) is 0 Å². The third-order valence-corrected chi connectivity index (χ3v) is 8.59. The standard InChI is InChI=1S/C32H34FN3O4S/c1-23(2)34-32(38)30(19-24-11-5-4-6-12-24)36(21-27-15-9-10-16-29(27)33)31(37)22-35(3)41(39,40)28-18-17-25-13-7-8-14-26(25)20-28/h4-18,20,23,30H,19,21-22H2,1-3H3,(H,34,38)/t30-/m0/s1. The van der Waals surface area contributed by atoms with E-state index >= 15 is 0 Å². The number of sulfonamides is 1. The number of benzene rings is 4.